The van der Waals surface area contributed by atoms with Crippen LogP contribution in [0.5, 0.6) is 0 Å². The summed E-state index contributed by atoms with van der Waals surface area (Å²) in [5, 5.41) is 6.65. The minimum atomic E-state index is 0.00583. The van der Waals surface area contributed by atoms with E-state index in [1.165, 1.54) is 0 Å². The lowest BCUT2D eigenvalue weighted by molar-refractivity contribution is -0.119. The molecule has 0 fully saturated rings. The average molecular weight is 298 g/mol. The third kappa shape index (κ3) is 5.02. The number of nitrogens with zero attached hydrogens (tertiary/aromatic N) is 1. The number of anilines is 1. The highest BCUT2D eigenvalue weighted by molar-refractivity contribution is 6.31. The van der Waals surface area contributed by atoms with Gasteiger partial charge >= 0.3 is 0 Å². The van der Waals surface area contributed by atoms with Crippen LogP contribution in [0.1, 0.15) is 25.8 Å². The number of carbonyl (C=O) groups excluding carboxylic acids is 1. The van der Waals surface area contributed by atoms with Crippen LogP contribution in [0.25, 0.3) is 0 Å². The molecule has 1 aromatic rings. The predicted molar refractivity (Wildman–Crippen MR) is 85.4 cm³/mol. The van der Waals surface area contributed by atoms with E-state index in [0.717, 1.165) is 42.3 Å². The van der Waals surface area contributed by atoms with Crippen LogP contribution in [-0.4, -0.2) is 32.6 Å². The number of halogens is 1. The van der Waals surface area contributed by atoms with Crippen molar-refractivity contribution < 1.29 is 4.79 Å². The minimum Gasteiger partial charge on any atom is -0.362 e. The topological polar surface area (TPSA) is 44.4 Å². The van der Waals surface area contributed by atoms with Gasteiger partial charge in [-0.1, -0.05) is 31.5 Å². The monoisotopic (exact) mass is 297 g/mol. The van der Waals surface area contributed by atoms with Gasteiger partial charge in [0.2, 0.25) is 5.91 Å². The molecule has 0 aliphatic carbocycles. The number of hydrogen-bond donors (Lipinski definition) is 2. The van der Waals surface area contributed by atoms with Gasteiger partial charge in [-0.15, -0.1) is 0 Å². The first-order valence-corrected chi connectivity index (χ1v) is 7.44. The Morgan fingerprint density at radius 3 is 2.65 bits per heavy atom. The molecule has 20 heavy (non-hydrogen) atoms. The van der Waals surface area contributed by atoms with E-state index in [2.05, 4.69) is 24.5 Å². The molecule has 0 spiro atoms. The molecule has 0 saturated carbocycles. The molecule has 112 valence electrons. The third-order valence-corrected chi connectivity index (χ3v) is 3.43. The molecule has 5 heteroatoms. The van der Waals surface area contributed by atoms with Gasteiger partial charge in [-0.05, 0) is 30.7 Å². The fourth-order valence-electron chi connectivity index (χ4n) is 1.96. The van der Waals surface area contributed by atoms with Crippen molar-refractivity contribution in [3.05, 3.63) is 28.8 Å². The van der Waals surface area contributed by atoms with Crippen LogP contribution >= 0.6 is 11.6 Å². The molecule has 1 amide bonds. The van der Waals surface area contributed by atoms with Crippen molar-refractivity contribution in [1.82, 2.24) is 10.6 Å². The van der Waals surface area contributed by atoms with Crippen LogP contribution < -0.4 is 15.5 Å². The second-order valence-electron chi connectivity index (χ2n) is 4.65. The number of carbonyl (C=O) groups is 1. The van der Waals surface area contributed by atoms with Crippen molar-refractivity contribution in [3.63, 3.8) is 0 Å². The number of benzene rings is 1. The molecule has 2 N–H and O–H groups in total. The molecule has 0 aliphatic heterocycles. The zero-order valence-electron chi connectivity index (χ0n) is 12.5. The molecule has 1 rings (SSSR count). The fourth-order valence-corrected chi connectivity index (χ4v) is 2.20. The molecule has 0 atom stereocenters. The van der Waals surface area contributed by atoms with E-state index >= 15 is 0 Å². The number of amides is 1. The van der Waals surface area contributed by atoms with E-state index in [1.807, 2.05) is 23.1 Å². The van der Waals surface area contributed by atoms with Crippen LogP contribution in [-0.2, 0) is 11.3 Å². The molecule has 0 bridgehead atoms. The summed E-state index contributed by atoms with van der Waals surface area (Å²) in [6.45, 7) is 7.02. The van der Waals surface area contributed by atoms with Gasteiger partial charge in [0.1, 0.15) is 0 Å². The van der Waals surface area contributed by atoms with Gasteiger partial charge in [0.25, 0.3) is 0 Å². The van der Waals surface area contributed by atoms with Gasteiger partial charge < -0.3 is 15.5 Å². The average Bonchev–Trinajstić information content (AvgIpc) is 2.45. The Bertz CT molecular complexity index is 437. The van der Waals surface area contributed by atoms with Crippen molar-refractivity contribution in [1.29, 1.82) is 0 Å². The molecule has 0 unspecified atom stereocenters. The fraction of sp³-hybridized carbons (Fsp3) is 0.533. The quantitative estimate of drug-likeness (QED) is 0.774. The summed E-state index contributed by atoms with van der Waals surface area (Å²) in [6, 6.07) is 5.98. The maximum absolute atomic E-state index is 11.6. The lowest BCUT2D eigenvalue weighted by Crippen LogP contribution is -2.36. The van der Waals surface area contributed by atoms with Crippen molar-refractivity contribution in [2.45, 2.75) is 26.8 Å². The smallest absolute Gasteiger partial charge is 0.239 e. The standard InChI is InChI=1S/C15H24ClN3O/c1-4-8-19(11-15(20)17-3)13-7-6-12(10-18-5-2)14(16)9-13/h6-7,9,18H,4-5,8,10-11H2,1-3H3,(H,17,20). The molecule has 4 nitrogen and oxygen atoms in total. The SMILES string of the molecule is CCCN(CC(=O)NC)c1ccc(CNCC)c(Cl)c1. The Labute approximate surface area is 126 Å². The van der Waals surface area contributed by atoms with Gasteiger partial charge in [-0.2, -0.15) is 0 Å². The first-order chi connectivity index (χ1) is 9.62. The highest BCUT2D eigenvalue weighted by Gasteiger charge is 2.11. The first-order valence-electron chi connectivity index (χ1n) is 7.07. The Balaban J connectivity index is 2.85. The Morgan fingerprint density at radius 2 is 2.10 bits per heavy atom. The van der Waals surface area contributed by atoms with E-state index < -0.39 is 0 Å². The van der Waals surface area contributed by atoms with Gasteiger partial charge in [0.15, 0.2) is 0 Å². The van der Waals surface area contributed by atoms with Crippen molar-refractivity contribution >= 4 is 23.2 Å². The number of hydrogen-bond acceptors (Lipinski definition) is 3. The largest absolute Gasteiger partial charge is 0.362 e. The first kappa shape index (κ1) is 16.8. The molecule has 0 radical (unpaired) electrons. The predicted octanol–water partition coefficient (Wildman–Crippen LogP) is 2.41. The molecule has 0 heterocycles. The lowest BCUT2D eigenvalue weighted by Gasteiger charge is -2.24. The maximum Gasteiger partial charge on any atom is 0.239 e. The lowest BCUT2D eigenvalue weighted by atomic mass is 10.2. The van der Waals surface area contributed by atoms with Crippen LogP contribution in [0.2, 0.25) is 5.02 Å². The summed E-state index contributed by atoms with van der Waals surface area (Å²) in [7, 11) is 1.65. The summed E-state index contributed by atoms with van der Waals surface area (Å²) < 4.78 is 0. The summed E-state index contributed by atoms with van der Waals surface area (Å²) >= 11 is 6.31. The summed E-state index contributed by atoms with van der Waals surface area (Å²) in [5.41, 5.74) is 2.06. The van der Waals surface area contributed by atoms with E-state index in [1.54, 1.807) is 7.05 Å². The van der Waals surface area contributed by atoms with Crippen molar-refractivity contribution in [2.24, 2.45) is 0 Å². The zero-order chi connectivity index (χ0) is 15.0. The van der Waals surface area contributed by atoms with Gasteiger partial charge in [0, 0.05) is 30.8 Å². The number of nitrogens with one attached hydrogen (secondary N) is 2. The van der Waals surface area contributed by atoms with Gasteiger partial charge in [-0.3, -0.25) is 4.79 Å². The minimum absolute atomic E-state index is 0.00583. The molecular formula is C15H24ClN3O. The summed E-state index contributed by atoms with van der Waals surface area (Å²) in [5.74, 6) is 0.00583. The van der Waals surface area contributed by atoms with Crippen LogP contribution in [0.15, 0.2) is 18.2 Å². The van der Waals surface area contributed by atoms with Gasteiger partial charge in [0.05, 0.1) is 6.54 Å². The Morgan fingerprint density at radius 1 is 1.35 bits per heavy atom. The molecule has 0 aromatic heterocycles. The van der Waals surface area contributed by atoms with Crippen molar-refractivity contribution in [2.75, 3.05) is 31.6 Å². The van der Waals surface area contributed by atoms with Crippen LogP contribution in [0, 0.1) is 0 Å². The third-order valence-electron chi connectivity index (χ3n) is 3.07. The zero-order valence-corrected chi connectivity index (χ0v) is 13.3. The van der Waals surface area contributed by atoms with Crippen molar-refractivity contribution in [3.8, 4) is 0 Å². The second kappa shape index (κ2) is 8.82. The molecule has 0 saturated heterocycles. The summed E-state index contributed by atoms with van der Waals surface area (Å²) in [4.78, 5) is 13.6. The highest BCUT2D eigenvalue weighted by atomic mass is 35.5. The maximum atomic E-state index is 11.6. The van der Waals surface area contributed by atoms with E-state index in [0.29, 0.717) is 6.54 Å². The molecule has 0 aliphatic rings. The second-order valence-corrected chi connectivity index (χ2v) is 5.06. The van der Waals surface area contributed by atoms with E-state index in [4.69, 9.17) is 11.6 Å². The van der Waals surface area contributed by atoms with Gasteiger partial charge in [-0.25, -0.2) is 0 Å². The highest BCUT2D eigenvalue weighted by Crippen LogP contribution is 2.24. The van der Waals surface area contributed by atoms with Crippen LogP contribution in [0.4, 0.5) is 5.69 Å². The molecule has 1 aromatic carbocycles. The number of rotatable bonds is 8. The van der Waals surface area contributed by atoms with E-state index in [9.17, 15) is 4.79 Å². The Hall–Kier alpha value is -1.26. The molecular weight excluding hydrogens is 274 g/mol. The van der Waals surface area contributed by atoms with Crippen LogP contribution in [0.3, 0.4) is 0 Å². The normalized spacial score (nSPS) is 10.4. The Kier molecular flexibility index (Phi) is 7.41. The number of likely N-dealkylation sites (N-methyl/N-ethyl adjacent to an activating group) is 1. The summed E-state index contributed by atoms with van der Waals surface area (Å²) in [6.07, 6.45) is 0.980. The van der Waals surface area contributed by atoms with E-state index in [-0.39, 0.29) is 5.91 Å².